The molecule has 0 bridgehead atoms. The average molecular weight is 553 g/mol. The molecule has 2 aliphatic rings. The lowest BCUT2D eigenvalue weighted by Crippen LogP contribution is -2.28. The summed E-state index contributed by atoms with van der Waals surface area (Å²) in [6.45, 7) is 0. The predicted octanol–water partition coefficient (Wildman–Crippen LogP) is 7.65. The molecule has 6 nitrogen and oxygen atoms in total. The Labute approximate surface area is 229 Å². The van der Waals surface area contributed by atoms with Gasteiger partial charge in [-0.25, -0.2) is 18.3 Å². The van der Waals surface area contributed by atoms with Crippen LogP contribution < -0.4 is 9.47 Å². The molecular formula is C30H27ClF2N2O4. The molecule has 0 amide bonds. The molecule has 1 unspecified atom stereocenters. The number of aromatic nitrogens is 2. The number of aliphatic carboxylic acids is 1. The van der Waals surface area contributed by atoms with E-state index in [0.717, 1.165) is 38.2 Å². The van der Waals surface area contributed by atoms with Gasteiger partial charge in [-0.3, -0.25) is 0 Å². The molecular weight excluding hydrogens is 526 g/mol. The van der Waals surface area contributed by atoms with Gasteiger partial charge in [0, 0.05) is 35.2 Å². The molecule has 1 heterocycles. The van der Waals surface area contributed by atoms with E-state index in [4.69, 9.17) is 21.1 Å². The third-order valence-corrected chi connectivity index (χ3v) is 7.92. The highest BCUT2D eigenvalue weighted by Crippen LogP contribution is 2.43. The first-order chi connectivity index (χ1) is 18.8. The van der Waals surface area contributed by atoms with Gasteiger partial charge >= 0.3 is 5.97 Å². The fourth-order valence-electron chi connectivity index (χ4n) is 5.40. The lowest BCUT2D eigenvalue weighted by atomic mass is 9.83. The molecule has 2 saturated carbocycles. The summed E-state index contributed by atoms with van der Waals surface area (Å²) in [5.41, 5.74) is 0.524. The second kappa shape index (κ2) is 10.2. The van der Waals surface area contributed by atoms with Gasteiger partial charge < -0.3 is 14.6 Å². The van der Waals surface area contributed by atoms with Crippen molar-refractivity contribution in [3.8, 4) is 17.2 Å². The Balaban J connectivity index is 1.42. The van der Waals surface area contributed by atoms with Gasteiger partial charge in [0.05, 0.1) is 16.9 Å². The topological polar surface area (TPSA) is 73.6 Å². The Hall–Kier alpha value is -3.65. The SMILES string of the molecule is O=C(O)C1(Oc2ccc(OC(c3c4cc(F)c(F)cc4nn3-c3ccc(Cl)cc3)C3CCCCC3)cc2)CC1. The molecule has 4 aromatic rings. The van der Waals surface area contributed by atoms with Crippen molar-refractivity contribution in [2.45, 2.75) is 56.7 Å². The summed E-state index contributed by atoms with van der Waals surface area (Å²) < 4.78 is 42.8. The quantitative estimate of drug-likeness (QED) is 0.243. The van der Waals surface area contributed by atoms with E-state index < -0.39 is 29.3 Å². The zero-order valence-corrected chi connectivity index (χ0v) is 21.8. The van der Waals surface area contributed by atoms with Crippen LogP contribution >= 0.6 is 11.6 Å². The molecule has 9 heteroatoms. The van der Waals surface area contributed by atoms with Crippen LogP contribution in [0.1, 0.15) is 56.7 Å². The average Bonchev–Trinajstić information content (AvgIpc) is 3.64. The van der Waals surface area contributed by atoms with Crippen molar-refractivity contribution in [1.29, 1.82) is 0 Å². The first-order valence-electron chi connectivity index (χ1n) is 13.2. The zero-order valence-electron chi connectivity index (χ0n) is 21.1. The highest BCUT2D eigenvalue weighted by molar-refractivity contribution is 6.30. The highest BCUT2D eigenvalue weighted by Gasteiger charge is 2.53. The predicted molar refractivity (Wildman–Crippen MR) is 143 cm³/mol. The number of ether oxygens (including phenoxy) is 2. The second-order valence-electron chi connectivity index (χ2n) is 10.4. The molecule has 39 heavy (non-hydrogen) atoms. The minimum absolute atomic E-state index is 0.121. The van der Waals surface area contributed by atoms with Crippen LogP contribution in [0.5, 0.6) is 11.5 Å². The van der Waals surface area contributed by atoms with Gasteiger partial charge in [-0.1, -0.05) is 30.9 Å². The minimum Gasteiger partial charge on any atom is -0.484 e. The molecule has 2 aliphatic carbocycles. The second-order valence-corrected chi connectivity index (χ2v) is 10.8. The summed E-state index contributed by atoms with van der Waals surface area (Å²) in [6, 6.07) is 16.3. The van der Waals surface area contributed by atoms with E-state index in [-0.39, 0.29) is 5.92 Å². The summed E-state index contributed by atoms with van der Waals surface area (Å²) >= 11 is 6.13. The van der Waals surface area contributed by atoms with Gasteiger partial charge in [0.1, 0.15) is 17.6 Å². The number of carboxylic acids is 1. The molecule has 2 fully saturated rings. The smallest absolute Gasteiger partial charge is 0.348 e. The lowest BCUT2D eigenvalue weighted by molar-refractivity contribution is -0.147. The van der Waals surface area contributed by atoms with Gasteiger partial charge in [0.15, 0.2) is 11.6 Å². The monoisotopic (exact) mass is 552 g/mol. The summed E-state index contributed by atoms with van der Waals surface area (Å²) in [5, 5.41) is 15.1. The van der Waals surface area contributed by atoms with E-state index in [9.17, 15) is 18.7 Å². The van der Waals surface area contributed by atoms with Crippen molar-refractivity contribution in [3.63, 3.8) is 0 Å². The molecule has 1 atom stereocenters. The van der Waals surface area contributed by atoms with Gasteiger partial charge in [0.25, 0.3) is 0 Å². The molecule has 0 spiro atoms. The van der Waals surface area contributed by atoms with E-state index in [2.05, 4.69) is 5.10 Å². The molecule has 3 aromatic carbocycles. The zero-order chi connectivity index (χ0) is 27.1. The normalized spacial score (nSPS) is 17.6. The fraction of sp³-hybridized carbons (Fsp3) is 0.333. The van der Waals surface area contributed by atoms with Crippen LogP contribution in [0.15, 0.2) is 60.7 Å². The van der Waals surface area contributed by atoms with E-state index in [1.165, 1.54) is 6.07 Å². The number of benzene rings is 3. The van der Waals surface area contributed by atoms with Crippen molar-refractivity contribution >= 4 is 28.5 Å². The number of fused-ring (bicyclic) bond motifs is 1. The number of halogens is 3. The Morgan fingerprint density at radius 2 is 1.62 bits per heavy atom. The van der Waals surface area contributed by atoms with E-state index >= 15 is 0 Å². The molecule has 0 radical (unpaired) electrons. The maximum atomic E-state index is 14.5. The van der Waals surface area contributed by atoms with Crippen LogP contribution in [0.2, 0.25) is 5.02 Å². The number of carbonyl (C=O) groups is 1. The Kier molecular flexibility index (Phi) is 6.67. The highest BCUT2D eigenvalue weighted by atomic mass is 35.5. The van der Waals surface area contributed by atoms with Crippen LogP contribution in [-0.2, 0) is 4.79 Å². The van der Waals surface area contributed by atoms with Crippen molar-refractivity contribution in [1.82, 2.24) is 9.78 Å². The van der Waals surface area contributed by atoms with Gasteiger partial charge in [-0.05, 0) is 67.4 Å². The fourth-order valence-corrected chi connectivity index (χ4v) is 5.52. The van der Waals surface area contributed by atoms with Crippen molar-refractivity contribution < 1.29 is 28.2 Å². The largest absolute Gasteiger partial charge is 0.484 e. The summed E-state index contributed by atoms with van der Waals surface area (Å²) in [4.78, 5) is 11.5. The maximum absolute atomic E-state index is 14.5. The Morgan fingerprint density at radius 1 is 0.974 bits per heavy atom. The van der Waals surface area contributed by atoms with E-state index in [1.807, 2.05) is 12.1 Å². The summed E-state index contributed by atoms with van der Waals surface area (Å²) in [5.74, 6) is -1.75. The molecule has 1 N–H and O–H groups in total. The standard InChI is InChI=1S/C30H27ClF2N2O4/c31-19-6-8-20(9-7-19)35-27(23-16-24(32)25(33)17-26(23)34-35)28(18-4-2-1-3-5-18)38-21-10-12-22(13-11-21)39-30(14-15-30)29(36)37/h6-13,16-18,28H,1-5,14-15H2,(H,36,37). The summed E-state index contributed by atoms with van der Waals surface area (Å²) in [6.07, 6.45) is 5.52. The van der Waals surface area contributed by atoms with Crippen LogP contribution in [0.25, 0.3) is 16.6 Å². The number of nitrogens with zero attached hydrogens (tertiary/aromatic N) is 2. The van der Waals surface area contributed by atoms with Crippen molar-refractivity contribution in [3.05, 3.63) is 83.0 Å². The van der Waals surface area contributed by atoms with Gasteiger partial charge in [0.2, 0.25) is 5.60 Å². The summed E-state index contributed by atoms with van der Waals surface area (Å²) in [7, 11) is 0. The minimum atomic E-state index is -1.14. The molecule has 0 aliphatic heterocycles. The van der Waals surface area contributed by atoms with Crippen LogP contribution in [0, 0.1) is 17.6 Å². The third-order valence-electron chi connectivity index (χ3n) is 7.66. The van der Waals surface area contributed by atoms with Crippen molar-refractivity contribution in [2.24, 2.45) is 5.92 Å². The lowest BCUT2D eigenvalue weighted by Gasteiger charge is -2.31. The first kappa shape index (κ1) is 25.6. The van der Waals surface area contributed by atoms with Gasteiger partial charge in [-0.2, -0.15) is 5.10 Å². The number of hydrogen-bond acceptors (Lipinski definition) is 4. The van der Waals surface area contributed by atoms with E-state index in [1.54, 1.807) is 41.1 Å². The molecule has 1 aromatic heterocycles. The van der Waals surface area contributed by atoms with Gasteiger partial charge in [-0.15, -0.1) is 0 Å². The number of rotatable bonds is 8. The first-order valence-corrected chi connectivity index (χ1v) is 13.5. The van der Waals surface area contributed by atoms with Crippen LogP contribution in [-0.4, -0.2) is 26.5 Å². The molecule has 6 rings (SSSR count). The number of hydrogen-bond donors (Lipinski definition) is 1. The third kappa shape index (κ3) is 5.05. The van der Waals surface area contributed by atoms with Crippen LogP contribution in [0.3, 0.4) is 0 Å². The Morgan fingerprint density at radius 3 is 2.26 bits per heavy atom. The van der Waals surface area contributed by atoms with Crippen molar-refractivity contribution in [2.75, 3.05) is 0 Å². The number of carboxylic acid groups (broad SMARTS) is 1. The molecule has 0 saturated heterocycles. The maximum Gasteiger partial charge on any atom is 0.348 e. The molecule has 202 valence electrons. The van der Waals surface area contributed by atoms with Crippen LogP contribution in [0.4, 0.5) is 8.78 Å². The van der Waals surface area contributed by atoms with E-state index in [0.29, 0.717) is 51.6 Å². The Bertz CT molecular complexity index is 1510.